The highest BCUT2D eigenvalue weighted by molar-refractivity contribution is 5.92. The van der Waals surface area contributed by atoms with Crippen molar-refractivity contribution in [2.45, 2.75) is 26.3 Å². The first-order chi connectivity index (χ1) is 10.6. The van der Waals surface area contributed by atoms with Gasteiger partial charge in [0.2, 0.25) is 0 Å². The van der Waals surface area contributed by atoms with E-state index in [0.717, 1.165) is 10.6 Å². The molecule has 0 aromatic carbocycles. The molecule has 2 aromatic rings. The van der Waals surface area contributed by atoms with Gasteiger partial charge >= 0.3 is 0 Å². The fourth-order valence-electron chi connectivity index (χ4n) is 2.46. The molecule has 112 valence electrons. The molecule has 22 heavy (non-hydrogen) atoms. The molecule has 0 radical (unpaired) electrons. The zero-order valence-corrected chi connectivity index (χ0v) is 12.4. The van der Waals surface area contributed by atoms with Gasteiger partial charge < -0.3 is 14.7 Å². The SMILES string of the molecule is Cc1nc(C(C)NC(=O)c2cc3c([nH]2)=CCC(C#N)C=3)co1. The van der Waals surface area contributed by atoms with E-state index in [-0.39, 0.29) is 17.9 Å². The first kappa shape index (κ1) is 14.1. The Labute approximate surface area is 127 Å². The van der Waals surface area contributed by atoms with Crippen LogP contribution in [0.25, 0.3) is 12.2 Å². The van der Waals surface area contributed by atoms with Crippen LogP contribution in [0.5, 0.6) is 0 Å². The highest BCUT2D eigenvalue weighted by Crippen LogP contribution is 2.12. The molecule has 0 saturated carbocycles. The van der Waals surface area contributed by atoms with Gasteiger partial charge in [0.05, 0.1) is 18.0 Å². The first-order valence-corrected chi connectivity index (χ1v) is 7.10. The second kappa shape index (κ2) is 5.53. The molecule has 2 N–H and O–H groups in total. The fourth-order valence-corrected chi connectivity index (χ4v) is 2.46. The normalized spacial score (nSPS) is 17.6. The number of rotatable bonds is 3. The lowest BCUT2D eigenvalue weighted by Crippen LogP contribution is -2.28. The van der Waals surface area contributed by atoms with Crippen molar-refractivity contribution in [1.29, 1.82) is 5.26 Å². The number of aromatic amines is 1. The Hall–Kier alpha value is -2.81. The molecule has 0 fully saturated rings. The van der Waals surface area contributed by atoms with Crippen molar-refractivity contribution in [2.24, 2.45) is 5.92 Å². The molecule has 6 nitrogen and oxygen atoms in total. The topological polar surface area (TPSA) is 94.7 Å². The van der Waals surface area contributed by atoms with Gasteiger partial charge in [-0.3, -0.25) is 4.79 Å². The Balaban J connectivity index is 1.80. The van der Waals surface area contributed by atoms with Gasteiger partial charge in [-0.25, -0.2) is 4.98 Å². The number of fused-ring (bicyclic) bond motifs is 1. The van der Waals surface area contributed by atoms with Crippen molar-refractivity contribution in [3.8, 4) is 6.07 Å². The van der Waals surface area contributed by atoms with Crippen LogP contribution in [-0.4, -0.2) is 15.9 Å². The summed E-state index contributed by atoms with van der Waals surface area (Å²) in [4.78, 5) is 19.6. The maximum atomic E-state index is 12.3. The van der Waals surface area contributed by atoms with Gasteiger partial charge in [0.1, 0.15) is 17.7 Å². The predicted molar refractivity (Wildman–Crippen MR) is 79.8 cm³/mol. The van der Waals surface area contributed by atoms with Crippen LogP contribution in [0.15, 0.2) is 16.7 Å². The Morgan fingerprint density at radius 2 is 2.45 bits per heavy atom. The molecule has 0 aliphatic heterocycles. The predicted octanol–water partition coefficient (Wildman–Crippen LogP) is 0.907. The van der Waals surface area contributed by atoms with Crippen LogP contribution < -0.4 is 15.9 Å². The minimum Gasteiger partial charge on any atom is -0.449 e. The Morgan fingerprint density at radius 1 is 1.64 bits per heavy atom. The molecule has 2 unspecified atom stereocenters. The third kappa shape index (κ3) is 2.66. The summed E-state index contributed by atoms with van der Waals surface area (Å²) < 4.78 is 5.15. The van der Waals surface area contributed by atoms with Crippen LogP contribution >= 0.6 is 0 Å². The number of carbonyl (C=O) groups is 1. The van der Waals surface area contributed by atoms with Crippen molar-refractivity contribution < 1.29 is 9.21 Å². The maximum absolute atomic E-state index is 12.3. The van der Waals surface area contributed by atoms with E-state index < -0.39 is 0 Å². The van der Waals surface area contributed by atoms with E-state index in [2.05, 4.69) is 21.4 Å². The van der Waals surface area contributed by atoms with E-state index in [4.69, 9.17) is 9.68 Å². The van der Waals surface area contributed by atoms with Crippen LogP contribution in [0.3, 0.4) is 0 Å². The number of amides is 1. The summed E-state index contributed by atoms with van der Waals surface area (Å²) in [7, 11) is 0. The van der Waals surface area contributed by atoms with Gasteiger partial charge in [-0.15, -0.1) is 0 Å². The molecule has 1 aliphatic carbocycles. The molecule has 2 aromatic heterocycles. The lowest BCUT2D eigenvalue weighted by atomic mass is 10.0. The van der Waals surface area contributed by atoms with Crippen molar-refractivity contribution >= 4 is 18.1 Å². The highest BCUT2D eigenvalue weighted by atomic mass is 16.3. The van der Waals surface area contributed by atoms with E-state index >= 15 is 0 Å². The molecule has 0 spiro atoms. The molecule has 2 heterocycles. The molecular weight excluding hydrogens is 280 g/mol. The molecule has 0 bridgehead atoms. The minimum atomic E-state index is -0.245. The quantitative estimate of drug-likeness (QED) is 0.880. The van der Waals surface area contributed by atoms with Crippen LogP contribution in [0.4, 0.5) is 0 Å². The van der Waals surface area contributed by atoms with E-state index in [9.17, 15) is 4.79 Å². The molecule has 0 saturated heterocycles. The lowest BCUT2D eigenvalue weighted by molar-refractivity contribution is 0.0934. The number of nitrogens with zero attached hydrogens (tertiary/aromatic N) is 2. The average Bonchev–Trinajstić information content (AvgIpc) is 3.12. The summed E-state index contributed by atoms with van der Waals surface area (Å²) in [6, 6.07) is 3.74. The van der Waals surface area contributed by atoms with E-state index in [1.807, 2.05) is 19.1 Å². The molecule has 1 amide bonds. The average molecular weight is 296 g/mol. The van der Waals surface area contributed by atoms with E-state index in [1.54, 1.807) is 19.3 Å². The van der Waals surface area contributed by atoms with Crippen molar-refractivity contribution in [1.82, 2.24) is 15.3 Å². The zero-order valence-electron chi connectivity index (χ0n) is 12.4. The summed E-state index contributed by atoms with van der Waals surface area (Å²) in [5, 5.41) is 13.6. The highest BCUT2D eigenvalue weighted by Gasteiger charge is 2.16. The second-order valence-corrected chi connectivity index (χ2v) is 5.38. The number of aryl methyl sites for hydroxylation is 1. The number of oxazole rings is 1. The van der Waals surface area contributed by atoms with Crippen LogP contribution in [0, 0.1) is 24.2 Å². The van der Waals surface area contributed by atoms with Gasteiger partial charge in [0.25, 0.3) is 5.91 Å². The van der Waals surface area contributed by atoms with Crippen molar-refractivity contribution in [3.63, 3.8) is 0 Å². The maximum Gasteiger partial charge on any atom is 0.268 e. The standard InChI is InChI=1S/C16H16N4O2/c1-9(15-8-22-10(2)19-15)18-16(21)14-6-12-5-11(7-17)3-4-13(12)20-14/h4-6,8-9,11,20H,3H2,1-2H3,(H,18,21). The van der Waals surface area contributed by atoms with Crippen LogP contribution in [0.1, 0.15) is 41.5 Å². The molecule has 6 heteroatoms. The summed E-state index contributed by atoms with van der Waals surface area (Å²) in [5.41, 5.74) is 1.16. The lowest BCUT2D eigenvalue weighted by Gasteiger charge is -2.09. The number of nitriles is 1. The van der Waals surface area contributed by atoms with Gasteiger partial charge in [-0.1, -0.05) is 12.2 Å². The number of hydrogen-bond acceptors (Lipinski definition) is 4. The summed E-state index contributed by atoms with van der Waals surface area (Å²) in [5.74, 6) is 0.229. The summed E-state index contributed by atoms with van der Waals surface area (Å²) in [6.07, 6.45) is 6.04. The summed E-state index contributed by atoms with van der Waals surface area (Å²) in [6.45, 7) is 3.61. The zero-order chi connectivity index (χ0) is 15.7. The molecule has 2 atom stereocenters. The summed E-state index contributed by atoms with van der Waals surface area (Å²) >= 11 is 0. The first-order valence-electron chi connectivity index (χ1n) is 7.10. The van der Waals surface area contributed by atoms with Crippen molar-refractivity contribution in [3.05, 3.63) is 40.2 Å². The largest absolute Gasteiger partial charge is 0.449 e. The Morgan fingerprint density at radius 3 is 3.14 bits per heavy atom. The number of aromatic nitrogens is 2. The number of carbonyl (C=O) groups excluding carboxylic acids is 1. The third-order valence-corrected chi connectivity index (χ3v) is 3.68. The minimum absolute atomic E-state index is 0.128. The van der Waals surface area contributed by atoms with Gasteiger partial charge in [-0.05, 0) is 24.6 Å². The smallest absolute Gasteiger partial charge is 0.268 e. The molecule has 1 aliphatic rings. The fraction of sp³-hybridized carbons (Fsp3) is 0.312. The molecular formula is C16H16N4O2. The third-order valence-electron chi connectivity index (χ3n) is 3.68. The second-order valence-electron chi connectivity index (χ2n) is 5.38. The Bertz CT molecular complexity index is 869. The van der Waals surface area contributed by atoms with E-state index in [1.165, 1.54) is 0 Å². The van der Waals surface area contributed by atoms with Crippen molar-refractivity contribution in [2.75, 3.05) is 0 Å². The number of H-pyrrole nitrogens is 1. The monoisotopic (exact) mass is 296 g/mol. The number of nitrogens with one attached hydrogen (secondary N) is 2. The number of hydrogen-bond donors (Lipinski definition) is 2. The van der Waals surface area contributed by atoms with Crippen LogP contribution in [0.2, 0.25) is 0 Å². The van der Waals surface area contributed by atoms with Crippen LogP contribution in [-0.2, 0) is 0 Å². The van der Waals surface area contributed by atoms with Gasteiger partial charge in [0.15, 0.2) is 5.89 Å². The Kier molecular flexibility index (Phi) is 3.55. The van der Waals surface area contributed by atoms with E-state index in [0.29, 0.717) is 23.7 Å². The molecule has 3 rings (SSSR count). The van der Waals surface area contributed by atoms with Gasteiger partial charge in [0, 0.05) is 12.3 Å². The van der Waals surface area contributed by atoms with Gasteiger partial charge in [-0.2, -0.15) is 5.26 Å².